The molecule has 3 rings (SSSR count). The van der Waals surface area contributed by atoms with Crippen molar-refractivity contribution in [1.29, 1.82) is 0 Å². The van der Waals surface area contributed by atoms with Crippen molar-refractivity contribution >= 4 is 22.6 Å². The molecular weight excluding hydrogens is 377 g/mol. The van der Waals surface area contributed by atoms with Gasteiger partial charge in [-0.2, -0.15) is 5.10 Å². The minimum atomic E-state index is -1.03. The maximum Gasteiger partial charge on any atom is 0.312 e. The van der Waals surface area contributed by atoms with E-state index in [4.69, 9.17) is 4.74 Å². The maximum atomic E-state index is 13.0. The number of nitrogens with one attached hydrogen (secondary N) is 2. The smallest absolute Gasteiger partial charge is 0.312 e. The van der Waals surface area contributed by atoms with E-state index in [0.717, 1.165) is 5.56 Å². The number of hydrogen-bond acceptors (Lipinski definition) is 5. The van der Waals surface area contributed by atoms with E-state index in [-0.39, 0.29) is 23.8 Å². The fourth-order valence-corrected chi connectivity index (χ4v) is 2.90. The van der Waals surface area contributed by atoms with E-state index in [0.29, 0.717) is 16.5 Å². The number of esters is 1. The Kier molecular flexibility index (Phi) is 6.01. The van der Waals surface area contributed by atoms with Crippen LogP contribution in [0.15, 0.2) is 53.3 Å². The zero-order chi connectivity index (χ0) is 21.0. The molecule has 2 aromatic carbocycles. The van der Waals surface area contributed by atoms with Crippen LogP contribution in [0.3, 0.4) is 0 Å². The summed E-state index contributed by atoms with van der Waals surface area (Å²) in [7, 11) is 0. The topological polar surface area (TPSA) is 101 Å². The largest absolute Gasteiger partial charge is 0.452 e. The first-order valence-electron chi connectivity index (χ1n) is 9.06. The summed E-state index contributed by atoms with van der Waals surface area (Å²) in [5, 5.41) is 9.97. The lowest BCUT2D eigenvalue weighted by Gasteiger charge is -2.18. The molecule has 2 N–H and O–H groups in total. The molecule has 3 aromatic rings. The molecule has 0 fully saturated rings. The molecule has 0 spiro atoms. The molecule has 29 heavy (non-hydrogen) atoms. The molecule has 0 aliphatic carbocycles. The van der Waals surface area contributed by atoms with Crippen molar-refractivity contribution in [1.82, 2.24) is 15.5 Å². The minimum Gasteiger partial charge on any atom is -0.452 e. The molecular formula is C21H20FN3O4. The summed E-state index contributed by atoms with van der Waals surface area (Å²) in [4.78, 5) is 36.4. The third kappa shape index (κ3) is 4.84. The van der Waals surface area contributed by atoms with Gasteiger partial charge in [-0.1, -0.05) is 30.3 Å². The molecule has 1 heterocycles. The van der Waals surface area contributed by atoms with Crippen LogP contribution >= 0.6 is 0 Å². The zero-order valence-corrected chi connectivity index (χ0v) is 15.9. The summed E-state index contributed by atoms with van der Waals surface area (Å²) in [6.07, 6.45) is -1.22. The average Bonchev–Trinajstić information content (AvgIpc) is 2.70. The fraction of sp³-hybridized carbons (Fsp3) is 0.238. The van der Waals surface area contributed by atoms with Gasteiger partial charge in [-0.15, -0.1) is 0 Å². The second-order valence-electron chi connectivity index (χ2n) is 6.64. The normalized spacial score (nSPS) is 12.9. The molecule has 0 saturated carbocycles. The Balaban J connectivity index is 1.62. The van der Waals surface area contributed by atoms with Crippen LogP contribution < -0.4 is 10.9 Å². The summed E-state index contributed by atoms with van der Waals surface area (Å²) in [6.45, 7) is 3.21. The average molecular weight is 397 g/mol. The lowest BCUT2D eigenvalue weighted by Crippen LogP contribution is -2.37. The third-order valence-corrected chi connectivity index (χ3v) is 4.49. The molecule has 0 bridgehead atoms. The molecule has 2 atom stereocenters. The highest BCUT2D eigenvalue weighted by molar-refractivity contribution is 5.88. The number of fused-ring (bicyclic) bond motifs is 1. The van der Waals surface area contributed by atoms with Crippen molar-refractivity contribution in [3.8, 4) is 0 Å². The van der Waals surface area contributed by atoms with Gasteiger partial charge in [0.15, 0.2) is 6.10 Å². The molecule has 2 unspecified atom stereocenters. The Bertz CT molecular complexity index is 1100. The summed E-state index contributed by atoms with van der Waals surface area (Å²) < 4.78 is 18.2. The number of carbonyl (C=O) groups is 2. The zero-order valence-electron chi connectivity index (χ0n) is 15.9. The van der Waals surface area contributed by atoms with Gasteiger partial charge in [0.2, 0.25) is 0 Å². The number of aromatic nitrogens is 2. The first-order chi connectivity index (χ1) is 13.8. The van der Waals surface area contributed by atoms with Crippen molar-refractivity contribution in [2.75, 3.05) is 0 Å². The van der Waals surface area contributed by atoms with Gasteiger partial charge in [0.1, 0.15) is 5.82 Å². The third-order valence-electron chi connectivity index (χ3n) is 4.49. The van der Waals surface area contributed by atoms with Gasteiger partial charge in [-0.3, -0.25) is 14.4 Å². The van der Waals surface area contributed by atoms with Crippen molar-refractivity contribution in [2.24, 2.45) is 0 Å². The number of aromatic amines is 1. The molecule has 150 valence electrons. The first-order valence-corrected chi connectivity index (χ1v) is 9.06. The Morgan fingerprint density at radius 1 is 1.10 bits per heavy atom. The predicted molar refractivity (Wildman–Crippen MR) is 105 cm³/mol. The molecule has 8 heteroatoms. The Hall–Kier alpha value is -3.55. The Labute approximate surface area is 165 Å². The highest BCUT2D eigenvalue weighted by Crippen LogP contribution is 2.15. The number of amides is 1. The van der Waals surface area contributed by atoms with Crippen LogP contribution in [0.1, 0.15) is 31.1 Å². The number of carbonyl (C=O) groups excluding carboxylic acids is 2. The van der Waals surface area contributed by atoms with Crippen LogP contribution in [0.25, 0.3) is 10.8 Å². The van der Waals surface area contributed by atoms with Crippen LogP contribution in [0, 0.1) is 5.82 Å². The lowest BCUT2D eigenvalue weighted by molar-refractivity contribution is -0.154. The number of benzene rings is 2. The molecule has 0 aliphatic rings. The first kappa shape index (κ1) is 20.2. The fourth-order valence-electron chi connectivity index (χ4n) is 2.90. The second-order valence-corrected chi connectivity index (χ2v) is 6.64. The van der Waals surface area contributed by atoms with E-state index in [1.165, 1.54) is 19.1 Å². The lowest BCUT2D eigenvalue weighted by atomic mass is 10.1. The van der Waals surface area contributed by atoms with E-state index in [1.807, 2.05) is 0 Å². The van der Waals surface area contributed by atoms with Crippen LogP contribution in [0.2, 0.25) is 0 Å². The van der Waals surface area contributed by atoms with Gasteiger partial charge >= 0.3 is 5.97 Å². The summed E-state index contributed by atoms with van der Waals surface area (Å²) in [5.74, 6) is -1.49. The van der Waals surface area contributed by atoms with Gasteiger partial charge in [-0.05, 0) is 37.6 Å². The van der Waals surface area contributed by atoms with E-state index in [9.17, 15) is 18.8 Å². The van der Waals surface area contributed by atoms with Crippen molar-refractivity contribution < 1.29 is 18.7 Å². The summed E-state index contributed by atoms with van der Waals surface area (Å²) >= 11 is 0. The second kappa shape index (κ2) is 8.64. The van der Waals surface area contributed by atoms with Crippen LogP contribution in [0.4, 0.5) is 4.39 Å². The van der Waals surface area contributed by atoms with Gasteiger partial charge in [0.05, 0.1) is 23.5 Å². The van der Waals surface area contributed by atoms with E-state index >= 15 is 0 Å². The Morgan fingerprint density at radius 2 is 1.76 bits per heavy atom. The number of hydrogen-bond donors (Lipinski definition) is 2. The van der Waals surface area contributed by atoms with Gasteiger partial charge in [0.25, 0.3) is 11.5 Å². The minimum absolute atomic E-state index is 0.192. The number of H-pyrrole nitrogens is 1. The van der Waals surface area contributed by atoms with Gasteiger partial charge in [-0.25, -0.2) is 9.49 Å². The van der Waals surface area contributed by atoms with Gasteiger partial charge in [0, 0.05) is 5.39 Å². The molecule has 0 aliphatic heterocycles. The van der Waals surface area contributed by atoms with Gasteiger partial charge < -0.3 is 10.1 Å². The number of ether oxygens (including phenoxy) is 1. The predicted octanol–water partition coefficient (Wildman–Crippen LogP) is 2.41. The highest BCUT2D eigenvalue weighted by atomic mass is 19.1. The Morgan fingerprint density at radius 3 is 2.45 bits per heavy atom. The molecule has 1 amide bonds. The maximum absolute atomic E-state index is 13.0. The molecule has 1 aromatic heterocycles. The SMILES string of the molecule is CC(OC(=O)Cc1n[nH]c(=O)c2ccccc12)C(=O)NC(C)c1ccc(F)cc1. The highest BCUT2D eigenvalue weighted by Gasteiger charge is 2.21. The van der Waals surface area contributed by atoms with Crippen molar-refractivity contribution in [2.45, 2.75) is 32.4 Å². The number of halogens is 1. The van der Waals surface area contributed by atoms with E-state index < -0.39 is 18.0 Å². The molecule has 0 radical (unpaired) electrons. The summed E-state index contributed by atoms with van der Waals surface area (Å²) in [6, 6.07) is 12.2. The van der Waals surface area contributed by atoms with E-state index in [2.05, 4.69) is 15.5 Å². The van der Waals surface area contributed by atoms with Crippen LogP contribution in [0.5, 0.6) is 0 Å². The van der Waals surface area contributed by atoms with Crippen molar-refractivity contribution in [3.63, 3.8) is 0 Å². The quantitative estimate of drug-likeness (QED) is 0.622. The number of rotatable bonds is 6. The van der Waals surface area contributed by atoms with Crippen LogP contribution in [-0.2, 0) is 20.7 Å². The summed E-state index contributed by atoms with van der Waals surface area (Å²) in [5.41, 5.74) is 0.736. The van der Waals surface area contributed by atoms with Crippen LogP contribution in [-0.4, -0.2) is 28.2 Å². The monoisotopic (exact) mass is 397 g/mol. The number of nitrogens with zero attached hydrogens (tertiary/aromatic N) is 1. The molecule has 7 nitrogen and oxygen atoms in total. The van der Waals surface area contributed by atoms with Crippen molar-refractivity contribution in [3.05, 3.63) is 76.0 Å². The van der Waals surface area contributed by atoms with E-state index in [1.54, 1.807) is 43.3 Å². The standard InChI is InChI=1S/C21H20FN3O4/c1-12(14-7-9-15(22)10-8-14)23-20(27)13(2)29-19(26)11-18-16-5-3-4-6-17(16)21(28)25-24-18/h3-10,12-13H,11H2,1-2H3,(H,23,27)(H,25,28). The molecule has 0 saturated heterocycles.